The molecule has 0 aliphatic carbocycles. The molecule has 0 aliphatic heterocycles. The molecule has 0 bridgehead atoms. The summed E-state index contributed by atoms with van der Waals surface area (Å²) in [6, 6.07) is 19.0. The Bertz CT molecular complexity index is 948. The van der Waals surface area contributed by atoms with E-state index in [0.29, 0.717) is 18.1 Å². The SMILES string of the molecule is COC(=O)c1c(C)nc(-c2ccccc2)n(Cc2ccccc2)c1=O. The fourth-order valence-corrected chi connectivity index (χ4v) is 2.72. The number of benzene rings is 2. The Kier molecular flexibility index (Phi) is 4.75. The van der Waals surface area contributed by atoms with Gasteiger partial charge in [0.1, 0.15) is 11.4 Å². The first-order valence-electron chi connectivity index (χ1n) is 7.91. The molecule has 0 amide bonds. The zero-order valence-electron chi connectivity index (χ0n) is 14.1. The largest absolute Gasteiger partial charge is 0.465 e. The summed E-state index contributed by atoms with van der Waals surface area (Å²) in [6.07, 6.45) is 0. The summed E-state index contributed by atoms with van der Waals surface area (Å²) in [5, 5.41) is 0. The van der Waals surface area contributed by atoms with Crippen LogP contribution in [0.1, 0.15) is 21.6 Å². The normalized spacial score (nSPS) is 10.5. The Hall–Kier alpha value is -3.21. The molecule has 0 aliphatic rings. The maximum atomic E-state index is 13.0. The van der Waals surface area contributed by atoms with E-state index < -0.39 is 11.5 Å². The molecule has 25 heavy (non-hydrogen) atoms. The number of carbonyl (C=O) groups is 1. The molecule has 0 atom stereocenters. The van der Waals surface area contributed by atoms with Crippen molar-refractivity contribution in [2.45, 2.75) is 13.5 Å². The third-order valence-corrected chi connectivity index (χ3v) is 3.96. The smallest absolute Gasteiger partial charge is 0.345 e. The molecule has 126 valence electrons. The molecule has 0 saturated carbocycles. The standard InChI is InChI=1S/C20H18N2O3/c1-14-17(20(24)25-2)19(23)22(13-15-9-5-3-6-10-15)18(21-14)16-11-7-4-8-12-16/h3-12H,13H2,1-2H3. The average Bonchev–Trinajstić information content (AvgIpc) is 2.65. The maximum absolute atomic E-state index is 13.0. The molecule has 0 saturated heterocycles. The van der Waals surface area contributed by atoms with Crippen molar-refractivity contribution in [2.24, 2.45) is 0 Å². The Morgan fingerprint density at radius 2 is 1.64 bits per heavy atom. The highest BCUT2D eigenvalue weighted by molar-refractivity contribution is 5.90. The summed E-state index contributed by atoms with van der Waals surface area (Å²) in [4.78, 5) is 29.6. The van der Waals surface area contributed by atoms with Crippen LogP contribution in [-0.4, -0.2) is 22.6 Å². The number of hydrogen-bond acceptors (Lipinski definition) is 4. The molecule has 5 nitrogen and oxygen atoms in total. The lowest BCUT2D eigenvalue weighted by Gasteiger charge is -2.15. The molecule has 2 aromatic carbocycles. The first kappa shape index (κ1) is 16.6. The van der Waals surface area contributed by atoms with Crippen molar-refractivity contribution >= 4 is 5.97 Å². The average molecular weight is 334 g/mol. The van der Waals surface area contributed by atoms with Crippen molar-refractivity contribution < 1.29 is 9.53 Å². The molecule has 0 spiro atoms. The number of methoxy groups -OCH3 is 1. The molecule has 1 aromatic heterocycles. The van der Waals surface area contributed by atoms with Crippen LogP contribution in [0.3, 0.4) is 0 Å². The first-order chi connectivity index (χ1) is 12.1. The minimum absolute atomic E-state index is 0.0295. The van der Waals surface area contributed by atoms with Gasteiger partial charge >= 0.3 is 5.97 Å². The number of esters is 1. The number of aromatic nitrogens is 2. The Balaban J connectivity index is 2.24. The van der Waals surface area contributed by atoms with E-state index in [2.05, 4.69) is 4.98 Å². The van der Waals surface area contributed by atoms with Gasteiger partial charge in [-0.25, -0.2) is 9.78 Å². The van der Waals surface area contributed by atoms with Gasteiger partial charge in [-0.15, -0.1) is 0 Å². The van der Waals surface area contributed by atoms with Crippen LogP contribution in [0.15, 0.2) is 65.5 Å². The van der Waals surface area contributed by atoms with Crippen molar-refractivity contribution in [1.29, 1.82) is 0 Å². The summed E-state index contributed by atoms with van der Waals surface area (Å²) >= 11 is 0. The van der Waals surface area contributed by atoms with Crippen LogP contribution in [-0.2, 0) is 11.3 Å². The summed E-state index contributed by atoms with van der Waals surface area (Å²) in [5.41, 5.74) is 1.69. The van der Waals surface area contributed by atoms with E-state index in [0.717, 1.165) is 11.1 Å². The molecule has 0 radical (unpaired) electrons. The molecule has 0 fully saturated rings. The Labute approximate surface area is 145 Å². The molecular weight excluding hydrogens is 316 g/mol. The third-order valence-electron chi connectivity index (χ3n) is 3.96. The van der Waals surface area contributed by atoms with E-state index in [-0.39, 0.29) is 5.56 Å². The first-order valence-corrected chi connectivity index (χ1v) is 7.91. The molecule has 3 aromatic rings. The van der Waals surface area contributed by atoms with Crippen molar-refractivity contribution in [3.63, 3.8) is 0 Å². The fourth-order valence-electron chi connectivity index (χ4n) is 2.72. The van der Waals surface area contributed by atoms with Gasteiger partial charge in [-0.3, -0.25) is 9.36 Å². The van der Waals surface area contributed by atoms with Gasteiger partial charge in [0.05, 0.1) is 19.3 Å². The predicted molar refractivity (Wildman–Crippen MR) is 95.6 cm³/mol. The molecule has 5 heteroatoms. The van der Waals surface area contributed by atoms with Crippen molar-refractivity contribution in [3.8, 4) is 11.4 Å². The van der Waals surface area contributed by atoms with Crippen LogP contribution in [0.5, 0.6) is 0 Å². The third kappa shape index (κ3) is 3.35. The Morgan fingerprint density at radius 3 is 2.24 bits per heavy atom. The lowest BCUT2D eigenvalue weighted by molar-refractivity contribution is 0.0596. The number of rotatable bonds is 4. The maximum Gasteiger partial charge on any atom is 0.345 e. The summed E-state index contributed by atoms with van der Waals surface area (Å²) in [6.45, 7) is 1.97. The quantitative estimate of drug-likeness (QED) is 0.688. The van der Waals surface area contributed by atoms with E-state index in [9.17, 15) is 9.59 Å². The number of aryl methyl sites for hydroxylation is 1. The summed E-state index contributed by atoms with van der Waals surface area (Å²) in [5.74, 6) is -0.143. The van der Waals surface area contributed by atoms with Gasteiger partial charge in [-0.1, -0.05) is 60.7 Å². The van der Waals surface area contributed by atoms with Gasteiger partial charge in [-0.05, 0) is 12.5 Å². The second-order valence-corrected chi connectivity index (χ2v) is 5.63. The summed E-state index contributed by atoms with van der Waals surface area (Å²) < 4.78 is 6.27. The van der Waals surface area contributed by atoms with E-state index in [4.69, 9.17) is 4.74 Å². The second kappa shape index (κ2) is 7.13. The van der Waals surface area contributed by atoms with Crippen LogP contribution >= 0.6 is 0 Å². The van der Waals surface area contributed by atoms with E-state index in [1.807, 2.05) is 60.7 Å². The van der Waals surface area contributed by atoms with Gasteiger partial charge in [0, 0.05) is 5.56 Å². The van der Waals surface area contributed by atoms with Crippen molar-refractivity contribution in [3.05, 3.63) is 87.8 Å². The van der Waals surface area contributed by atoms with Crippen LogP contribution in [0.25, 0.3) is 11.4 Å². The number of hydrogen-bond donors (Lipinski definition) is 0. The highest BCUT2D eigenvalue weighted by atomic mass is 16.5. The summed E-state index contributed by atoms with van der Waals surface area (Å²) in [7, 11) is 1.26. The van der Waals surface area contributed by atoms with Gasteiger partial charge in [-0.2, -0.15) is 0 Å². The van der Waals surface area contributed by atoms with Gasteiger partial charge in [0.2, 0.25) is 0 Å². The highest BCUT2D eigenvalue weighted by Gasteiger charge is 2.21. The topological polar surface area (TPSA) is 61.2 Å². The van der Waals surface area contributed by atoms with Gasteiger partial charge < -0.3 is 4.74 Å². The van der Waals surface area contributed by atoms with E-state index in [1.54, 1.807) is 6.92 Å². The molecular formula is C20H18N2O3. The zero-order valence-corrected chi connectivity index (χ0v) is 14.1. The van der Waals surface area contributed by atoms with Crippen LogP contribution in [0.4, 0.5) is 0 Å². The van der Waals surface area contributed by atoms with Crippen molar-refractivity contribution in [1.82, 2.24) is 9.55 Å². The zero-order chi connectivity index (χ0) is 17.8. The fraction of sp³-hybridized carbons (Fsp3) is 0.150. The van der Waals surface area contributed by atoms with Gasteiger partial charge in [0.15, 0.2) is 0 Å². The number of nitrogens with zero attached hydrogens (tertiary/aromatic N) is 2. The lowest BCUT2D eigenvalue weighted by atomic mass is 10.1. The number of ether oxygens (including phenoxy) is 1. The number of carbonyl (C=O) groups excluding carboxylic acids is 1. The monoisotopic (exact) mass is 334 g/mol. The van der Waals surface area contributed by atoms with Crippen LogP contribution < -0.4 is 5.56 Å². The van der Waals surface area contributed by atoms with Crippen LogP contribution in [0.2, 0.25) is 0 Å². The molecule has 0 N–H and O–H groups in total. The lowest BCUT2D eigenvalue weighted by Crippen LogP contribution is -2.31. The van der Waals surface area contributed by atoms with E-state index >= 15 is 0 Å². The predicted octanol–water partition coefficient (Wildman–Crippen LogP) is 3.05. The van der Waals surface area contributed by atoms with Crippen molar-refractivity contribution in [2.75, 3.05) is 7.11 Å². The Morgan fingerprint density at radius 1 is 1.04 bits per heavy atom. The highest BCUT2D eigenvalue weighted by Crippen LogP contribution is 2.18. The van der Waals surface area contributed by atoms with E-state index in [1.165, 1.54) is 11.7 Å². The minimum atomic E-state index is -0.670. The van der Waals surface area contributed by atoms with Crippen LogP contribution in [0, 0.1) is 6.92 Å². The molecule has 3 rings (SSSR count). The van der Waals surface area contributed by atoms with Gasteiger partial charge in [0.25, 0.3) is 5.56 Å². The molecule has 0 unspecified atom stereocenters. The molecule has 1 heterocycles. The second-order valence-electron chi connectivity index (χ2n) is 5.63. The minimum Gasteiger partial charge on any atom is -0.465 e.